The first kappa shape index (κ1) is 21.5. The number of rotatable bonds is 8. The zero-order valence-corrected chi connectivity index (χ0v) is 17.8. The molecule has 144 valence electrons. The van der Waals surface area contributed by atoms with Gasteiger partial charge in [0.05, 0.1) is 12.7 Å². The largest absolute Gasteiger partial charge is 0.465 e. The molecule has 0 radical (unpaired) electrons. The topological polar surface area (TPSA) is 50.4 Å². The van der Waals surface area contributed by atoms with E-state index in [0.717, 1.165) is 46.3 Å². The summed E-state index contributed by atoms with van der Waals surface area (Å²) in [4.78, 5) is 11.8. The Hall–Kier alpha value is -1.76. The molecule has 2 rings (SSSR count). The molecule has 0 bridgehead atoms. The maximum atomic E-state index is 11.8. The van der Waals surface area contributed by atoms with Crippen molar-refractivity contribution >= 4 is 52.3 Å². The Labute approximate surface area is 175 Å². The number of methoxy groups -OCH3 is 1. The average molecular weight is 423 g/mol. The molecule has 0 fully saturated rings. The van der Waals surface area contributed by atoms with Crippen molar-refractivity contribution in [1.29, 1.82) is 0 Å². The molecule has 0 aromatic heterocycles. The fourth-order valence-electron chi connectivity index (χ4n) is 2.44. The molecule has 0 amide bonds. The van der Waals surface area contributed by atoms with Crippen molar-refractivity contribution < 1.29 is 9.53 Å². The molecule has 0 spiro atoms. The number of halogens is 1. The fourth-order valence-corrected chi connectivity index (χ4v) is 3.90. The predicted molar refractivity (Wildman–Crippen MR) is 119 cm³/mol. The van der Waals surface area contributed by atoms with Crippen molar-refractivity contribution in [2.24, 2.45) is 0 Å². The summed E-state index contributed by atoms with van der Waals surface area (Å²) < 4.78 is 4.79. The minimum atomic E-state index is -0.356. The summed E-state index contributed by atoms with van der Waals surface area (Å²) >= 11 is 13.3. The summed E-state index contributed by atoms with van der Waals surface area (Å²) in [5.41, 5.74) is 3.30. The lowest BCUT2D eigenvalue weighted by Crippen LogP contribution is -2.30. The third-order valence-electron chi connectivity index (χ3n) is 3.95. The summed E-state index contributed by atoms with van der Waals surface area (Å²) in [5.74, 6) is 1.56. The van der Waals surface area contributed by atoms with Gasteiger partial charge in [-0.15, -0.1) is 0 Å². The monoisotopic (exact) mass is 422 g/mol. The van der Waals surface area contributed by atoms with Crippen LogP contribution in [0, 0.1) is 6.92 Å². The number of carbonyl (C=O) groups is 1. The Morgan fingerprint density at radius 1 is 1.22 bits per heavy atom. The number of hydrogen-bond donors (Lipinski definition) is 2. The number of hydrogen-bond acceptors (Lipinski definition) is 4. The Morgan fingerprint density at radius 3 is 2.74 bits per heavy atom. The molecule has 0 aliphatic carbocycles. The van der Waals surface area contributed by atoms with Crippen LogP contribution in [-0.4, -0.2) is 30.5 Å². The van der Waals surface area contributed by atoms with Crippen LogP contribution >= 0.6 is 35.6 Å². The molecular formula is C20H23ClN2O2S2. The predicted octanol–water partition coefficient (Wildman–Crippen LogP) is 5.04. The lowest BCUT2D eigenvalue weighted by atomic mass is 10.1. The molecule has 2 N–H and O–H groups in total. The van der Waals surface area contributed by atoms with Crippen LogP contribution in [0.2, 0.25) is 5.02 Å². The molecule has 0 saturated carbocycles. The van der Waals surface area contributed by atoms with Crippen LogP contribution in [0.1, 0.15) is 27.9 Å². The lowest BCUT2D eigenvalue weighted by molar-refractivity contribution is 0.0600. The van der Waals surface area contributed by atoms with Crippen LogP contribution in [0.3, 0.4) is 0 Å². The number of ether oxygens (including phenoxy) is 1. The number of nitrogens with one attached hydrogen (secondary N) is 2. The molecule has 4 nitrogen and oxygen atoms in total. The summed E-state index contributed by atoms with van der Waals surface area (Å²) in [6.07, 6.45) is 0.984. The molecule has 0 aliphatic rings. The third-order valence-corrected chi connectivity index (χ3v) is 5.66. The minimum absolute atomic E-state index is 0.356. The van der Waals surface area contributed by atoms with Crippen LogP contribution < -0.4 is 10.6 Å². The Kier molecular flexibility index (Phi) is 8.91. The Morgan fingerprint density at radius 2 is 2.00 bits per heavy atom. The van der Waals surface area contributed by atoms with Crippen LogP contribution in [0.25, 0.3) is 0 Å². The normalized spacial score (nSPS) is 10.3. The van der Waals surface area contributed by atoms with E-state index in [0.29, 0.717) is 10.7 Å². The molecule has 7 heteroatoms. The number of benzene rings is 2. The summed E-state index contributed by atoms with van der Waals surface area (Å²) in [6, 6.07) is 13.3. The van der Waals surface area contributed by atoms with Gasteiger partial charge in [-0.25, -0.2) is 4.79 Å². The lowest BCUT2D eigenvalue weighted by Gasteiger charge is -2.14. The van der Waals surface area contributed by atoms with E-state index in [1.165, 1.54) is 7.11 Å². The second-order valence-electron chi connectivity index (χ2n) is 5.85. The van der Waals surface area contributed by atoms with Gasteiger partial charge in [0.15, 0.2) is 5.11 Å². The highest BCUT2D eigenvalue weighted by molar-refractivity contribution is 7.98. The van der Waals surface area contributed by atoms with E-state index in [2.05, 4.69) is 16.7 Å². The van der Waals surface area contributed by atoms with Gasteiger partial charge in [-0.1, -0.05) is 35.9 Å². The maximum absolute atomic E-state index is 11.8. The fraction of sp³-hybridized carbons (Fsp3) is 0.300. The number of anilines is 1. The summed E-state index contributed by atoms with van der Waals surface area (Å²) in [6.45, 7) is 2.64. The number of thioether (sulfide) groups is 1. The van der Waals surface area contributed by atoms with E-state index in [9.17, 15) is 4.79 Å². The van der Waals surface area contributed by atoms with Gasteiger partial charge in [0.2, 0.25) is 0 Å². The third kappa shape index (κ3) is 6.72. The molecule has 0 unspecified atom stereocenters. The van der Waals surface area contributed by atoms with Crippen molar-refractivity contribution in [2.45, 2.75) is 19.1 Å². The molecule has 2 aromatic carbocycles. The first-order chi connectivity index (χ1) is 13.0. The van der Waals surface area contributed by atoms with Gasteiger partial charge in [-0.3, -0.25) is 0 Å². The van der Waals surface area contributed by atoms with Crippen molar-refractivity contribution in [2.75, 3.05) is 24.7 Å². The SMILES string of the molecule is COC(=O)c1cccc(NC(=S)NCCCSCc2ccccc2Cl)c1C. The molecule has 27 heavy (non-hydrogen) atoms. The zero-order chi connectivity index (χ0) is 19.6. The van der Waals surface area contributed by atoms with Crippen molar-refractivity contribution in [1.82, 2.24) is 5.32 Å². The van der Waals surface area contributed by atoms with E-state index >= 15 is 0 Å². The summed E-state index contributed by atoms with van der Waals surface area (Å²) in [5, 5.41) is 7.69. The van der Waals surface area contributed by atoms with Crippen LogP contribution in [0.5, 0.6) is 0 Å². The molecule has 0 aliphatic heterocycles. The standard InChI is InChI=1S/C20H23ClN2O2S2/c1-14-16(19(24)25-2)8-5-10-18(14)23-20(26)22-11-6-12-27-13-15-7-3-4-9-17(15)21/h3-5,7-10H,6,11-13H2,1-2H3,(H2,22,23,26). The van der Waals surface area contributed by atoms with Gasteiger partial charge in [0.25, 0.3) is 0 Å². The van der Waals surface area contributed by atoms with E-state index in [4.69, 9.17) is 28.6 Å². The van der Waals surface area contributed by atoms with Gasteiger partial charge < -0.3 is 15.4 Å². The van der Waals surface area contributed by atoms with Gasteiger partial charge >= 0.3 is 5.97 Å². The molecule has 0 atom stereocenters. The van der Waals surface area contributed by atoms with E-state index in [1.54, 1.807) is 12.1 Å². The van der Waals surface area contributed by atoms with Gasteiger partial charge in [-0.2, -0.15) is 11.8 Å². The molecule has 0 saturated heterocycles. The van der Waals surface area contributed by atoms with E-state index in [-0.39, 0.29) is 5.97 Å². The number of thiocarbonyl (C=S) groups is 1. The van der Waals surface area contributed by atoms with Crippen molar-refractivity contribution in [3.8, 4) is 0 Å². The van der Waals surface area contributed by atoms with Gasteiger partial charge in [0, 0.05) is 23.0 Å². The van der Waals surface area contributed by atoms with Crippen molar-refractivity contribution in [3.63, 3.8) is 0 Å². The van der Waals surface area contributed by atoms with Crippen LogP contribution in [0.4, 0.5) is 5.69 Å². The second kappa shape index (κ2) is 11.2. The number of esters is 1. The van der Waals surface area contributed by atoms with Gasteiger partial charge in [0.1, 0.15) is 0 Å². The molecule has 2 aromatic rings. The molecular weight excluding hydrogens is 400 g/mol. The second-order valence-corrected chi connectivity index (χ2v) is 7.77. The van der Waals surface area contributed by atoms with E-state index < -0.39 is 0 Å². The van der Waals surface area contributed by atoms with E-state index in [1.807, 2.05) is 43.0 Å². The first-order valence-electron chi connectivity index (χ1n) is 8.57. The Balaban J connectivity index is 1.71. The number of carbonyl (C=O) groups excluding carboxylic acids is 1. The smallest absolute Gasteiger partial charge is 0.338 e. The van der Waals surface area contributed by atoms with Crippen LogP contribution in [0.15, 0.2) is 42.5 Å². The quantitative estimate of drug-likeness (QED) is 0.353. The first-order valence-corrected chi connectivity index (χ1v) is 10.5. The van der Waals surface area contributed by atoms with Crippen LogP contribution in [-0.2, 0) is 10.5 Å². The minimum Gasteiger partial charge on any atom is -0.465 e. The highest BCUT2D eigenvalue weighted by Crippen LogP contribution is 2.21. The average Bonchev–Trinajstić information content (AvgIpc) is 2.67. The maximum Gasteiger partial charge on any atom is 0.338 e. The highest BCUT2D eigenvalue weighted by atomic mass is 35.5. The van der Waals surface area contributed by atoms with Gasteiger partial charge in [-0.05, 0) is 60.6 Å². The Bertz CT molecular complexity index is 799. The molecule has 0 heterocycles. The van der Waals surface area contributed by atoms with Crippen molar-refractivity contribution in [3.05, 3.63) is 64.2 Å². The highest BCUT2D eigenvalue weighted by Gasteiger charge is 2.12. The summed E-state index contributed by atoms with van der Waals surface area (Å²) in [7, 11) is 1.37. The zero-order valence-electron chi connectivity index (χ0n) is 15.4.